The number of nitrogens with zero attached hydrogens (tertiary/aromatic N) is 1. The molecule has 1 fully saturated rings. The molecule has 0 spiro atoms. The first-order valence-corrected chi connectivity index (χ1v) is 8.92. The van der Waals surface area contributed by atoms with Crippen molar-refractivity contribution in [2.45, 2.75) is 32.7 Å². The van der Waals surface area contributed by atoms with E-state index in [0.29, 0.717) is 18.9 Å². The van der Waals surface area contributed by atoms with Gasteiger partial charge in [0.2, 0.25) is 5.91 Å². The van der Waals surface area contributed by atoms with Gasteiger partial charge in [-0.1, -0.05) is 0 Å². The molecule has 1 aliphatic rings. The first-order chi connectivity index (χ1) is 11.2. The fourth-order valence-corrected chi connectivity index (χ4v) is 3.40. The van der Waals surface area contributed by atoms with Crippen LogP contribution in [0.25, 0.3) is 0 Å². The molecular formula is C17H25BrN2O3. The average molecular weight is 385 g/mol. The van der Waals surface area contributed by atoms with E-state index in [9.17, 15) is 4.79 Å². The van der Waals surface area contributed by atoms with Crippen LogP contribution in [0.2, 0.25) is 0 Å². The Labute approximate surface area is 146 Å². The van der Waals surface area contributed by atoms with Gasteiger partial charge in [0.25, 0.3) is 0 Å². The summed E-state index contributed by atoms with van der Waals surface area (Å²) < 4.78 is 11.9. The zero-order chi connectivity index (χ0) is 16.7. The lowest BCUT2D eigenvalue weighted by molar-refractivity contribution is -0.127. The number of hydrogen-bond donors (Lipinski definition) is 1. The van der Waals surface area contributed by atoms with Gasteiger partial charge in [-0.05, 0) is 59.9 Å². The van der Waals surface area contributed by atoms with Crippen molar-refractivity contribution in [3.8, 4) is 11.5 Å². The van der Waals surface area contributed by atoms with Crippen molar-refractivity contribution in [3.05, 3.63) is 22.2 Å². The second-order valence-electron chi connectivity index (χ2n) is 5.56. The zero-order valence-corrected chi connectivity index (χ0v) is 15.4. The molecule has 0 radical (unpaired) electrons. The Balaban J connectivity index is 1.79. The van der Waals surface area contributed by atoms with Crippen LogP contribution in [0.3, 0.4) is 0 Å². The van der Waals surface area contributed by atoms with Gasteiger partial charge >= 0.3 is 0 Å². The van der Waals surface area contributed by atoms with Crippen molar-refractivity contribution < 1.29 is 14.3 Å². The number of ether oxygens (including phenoxy) is 2. The molecule has 1 heterocycles. The first kappa shape index (κ1) is 18.1. The van der Waals surface area contributed by atoms with Crippen LogP contribution in [0, 0.1) is 0 Å². The van der Waals surface area contributed by atoms with Gasteiger partial charge in [0.05, 0.1) is 18.2 Å². The van der Waals surface area contributed by atoms with Crippen molar-refractivity contribution in [2.24, 2.45) is 0 Å². The highest BCUT2D eigenvalue weighted by Gasteiger charge is 2.18. The molecule has 0 bridgehead atoms. The molecular weight excluding hydrogens is 360 g/mol. The number of rotatable bonds is 9. The zero-order valence-electron chi connectivity index (χ0n) is 13.9. The Bertz CT molecular complexity index is 537. The molecule has 1 aromatic carbocycles. The third kappa shape index (κ3) is 5.11. The number of carbonyl (C=O) groups excluding carboxylic acids is 1. The van der Waals surface area contributed by atoms with Gasteiger partial charge in [0.15, 0.2) is 11.5 Å². The number of nitrogens with one attached hydrogen (secondary N) is 1. The van der Waals surface area contributed by atoms with Gasteiger partial charge in [-0.3, -0.25) is 4.79 Å². The number of methoxy groups -OCH3 is 1. The van der Waals surface area contributed by atoms with Crippen LogP contribution in [-0.2, 0) is 11.3 Å². The number of halogens is 1. The maximum Gasteiger partial charge on any atom is 0.222 e. The van der Waals surface area contributed by atoms with E-state index in [2.05, 4.69) is 21.2 Å². The lowest BCUT2D eigenvalue weighted by atomic mass is 10.2. The van der Waals surface area contributed by atoms with Crippen LogP contribution in [0.15, 0.2) is 16.6 Å². The summed E-state index contributed by atoms with van der Waals surface area (Å²) in [4.78, 5) is 13.5. The second-order valence-corrected chi connectivity index (χ2v) is 6.41. The van der Waals surface area contributed by atoms with Gasteiger partial charge < -0.3 is 19.7 Å². The quantitative estimate of drug-likeness (QED) is 0.664. The normalized spacial score (nSPS) is 14.4. The van der Waals surface area contributed by atoms with Crippen molar-refractivity contribution in [3.63, 3.8) is 0 Å². The van der Waals surface area contributed by atoms with Crippen molar-refractivity contribution in [2.75, 3.05) is 33.4 Å². The molecule has 1 N–H and O–H groups in total. The SMILES string of the molecule is CCOc1cc(CNCCCN2CCCC2=O)cc(Br)c1OC. The third-order valence-corrected chi connectivity index (χ3v) is 4.44. The highest BCUT2D eigenvalue weighted by Crippen LogP contribution is 2.36. The van der Waals surface area contributed by atoms with E-state index in [1.807, 2.05) is 24.0 Å². The Morgan fingerprint density at radius 2 is 2.22 bits per heavy atom. The summed E-state index contributed by atoms with van der Waals surface area (Å²) in [5.41, 5.74) is 1.14. The Kier molecular flexibility index (Phi) is 7.17. The van der Waals surface area contributed by atoms with Crippen molar-refractivity contribution >= 4 is 21.8 Å². The first-order valence-electron chi connectivity index (χ1n) is 8.13. The predicted octanol–water partition coefficient (Wildman–Crippen LogP) is 2.96. The van der Waals surface area contributed by atoms with Crippen LogP contribution >= 0.6 is 15.9 Å². The predicted molar refractivity (Wildman–Crippen MR) is 94.0 cm³/mol. The smallest absolute Gasteiger partial charge is 0.222 e. The van der Waals surface area contributed by atoms with Gasteiger partial charge in [-0.15, -0.1) is 0 Å². The number of amides is 1. The lowest BCUT2D eigenvalue weighted by Gasteiger charge is -2.16. The summed E-state index contributed by atoms with van der Waals surface area (Å²) in [7, 11) is 1.64. The van der Waals surface area contributed by atoms with Crippen molar-refractivity contribution in [1.82, 2.24) is 10.2 Å². The molecule has 1 aliphatic heterocycles. The number of carbonyl (C=O) groups is 1. The average Bonchev–Trinajstić information content (AvgIpc) is 2.92. The fraction of sp³-hybridized carbons (Fsp3) is 0.588. The summed E-state index contributed by atoms with van der Waals surface area (Å²) in [6, 6.07) is 4.04. The van der Waals surface area contributed by atoms with Gasteiger partial charge in [-0.2, -0.15) is 0 Å². The topological polar surface area (TPSA) is 50.8 Å². The van der Waals surface area contributed by atoms with Gasteiger partial charge in [0, 0.05) is 26.1 Å². The molecule has 0 saturated carbocycles. The molecule has 0 unspecified atom stereocenters. The molecule has 1 aromatic rings. The molecule has 6 heteroatoms. The summed E-state index contributed by atoms with van der Waals surface area (Å²) in [5.74, 6) is 1.78. The Morgan fingerprint density at radius 3 is 2.87 bits per heavy atom. The van der Waals surface area contributed by atoms with Gasteiger partial charge in [0.1, 0.15) is 0 Å². The van der Waals surface area contributed by atoms with E-state index in [-0.39, 0.29) is 0 Å². The molecule has 0 aromatic heterocycles. The highest BCUT2D eigenvalue weighted by molar-refractivity contribution is 9.10. The van der Waals surface area contributed by atoms with E-state index in [1.165, 1.54) is 0 Å². The number of hydrogen-bond acceptors (Lipinski definition) is 4. The highest BCUT2D eigenvalue weighted by atomic mass is 79.9. The fourth-order valence-electron chi connectivity index (χ4n) is 2.75. The molecule has 128 valence electrons. The van der Waals surface area contributed by atoms with E-state index in [1.54, 1.807) is 7.11 Å². The van der Waals surface area contributed by atoms with E-state index < -0.39 is 0 Å². The molecule has 1 saturated heterocycles. The molecule has 1 amide bonds. The Hall–Kier alpha value is -1.27. The van der Waals surface area contributed by atoms with E-state index >= 15 is 0 Å². The number of likely N-dealkylation sites (tertiary alicyclic amines) is 1. The minimum Gasteiger partial charge on any atom is -0.492 e. The second kappa shape index (κ2) is 9.13. The molecule has 0 atom stereocenters. The number of benzene rings is 1. The molecule has 0 aliphatic carbocycles. The van der Waals surface area contributed by atoms with Gasteiger partial charge in [-0.25, -0.2) is 0 Å². The Morgan fingerprint density at radius 1 is 1.39 bits per heavy atom. The molecule has 23 heavy (non-hydrogen) atoms. The van der Waals surface area contributed by atoms with Crippen LogP contribution in [-0.4, -0.2) is 44.2 Å². The van der Waals surface area contributed by atoms with Crippen LogP contribution < -0.4 is 14.8 Å². The third-order valence-electron chi connectivity index (χ3n) is 3.86. The van der Waals surface area contributed by atoms with Crippen LogP contribution in [0.4, 0.5) is 0 Å². The molecule has 5 nitrogen and oxygen atoms in total. The van der Waals surface area contributed by atoms with E-state index in [0.717, 1.165) is 60.6 Å². The summed E-state index contributed by atoms with van der Waals surface area (Å²) in [6.45, 7) is 5.97. The minimum absolute atomic E-state index is 0.297. The summed E-state index contributed by atoms with van der Waals surface area (Å²) in [5, 5.41) is 3.42. The summed E-state index contributed by atoms with van der Waals surface area (Å²) in [6.07, 6.45) is 2.70. The molecule has 2 rings (SSSR count). The maximum atomic E-state index is 11.5. The summed E-state index contributed by atoms with van der Waals surface area (Å²) >= 11 is 3.53. The lowest BCUT2D eigenvalue weighted by Crippen LogP contribution is -2.28. The van der Waals surface area contributed by atoms with Crippen molar-refractivity contribution in [1.29, 1.82) is 0 Å². The van der Waals surface area contributed by atoms with Crippen LogP contribution in [0.1, 0.15) is 31.7 Å². The largest absolute Gasteiger partial charge is 0.492 e. The maximum absolute atomic E-state index is 11.5. The standard InChI is InChI=1S/C17H25BrN2O3/c1-3-23-15-11-13(10-14(18)17(15)22-2)12-19-7-5-9-20-8-4-6-16(20)21/h10-11,19H,3-9,12H2,1-2H3. The minimum atomic E-state index is 0.297. The van der Waals surface area contributed by atoms with Crippen LogP contribution in [0.5, 0.6) is 11.5 Å². The van der Waals surface area contributed by atoms with E-state index in [4.69, 9.17) is 9.47 Å². The monoisotopic (exact) mass is 384 g/mol.